The number of hydrogen-bond acceptors (Lipinski definition) is 3. The fraction of sp³-hybridized carbons (Fsp3) is 0.333. The van der Waals surface area contributed by atoms with E-state index in [1.165, 1.54) is 0 Å². The number of aliphatic hydroxyl groups excluding tert-OH is 1. The Kier molecular flexibility index (Phi) is 3.57. The van der Waals surface area contributed by atoms with Gasteiger partial charge in [-0.2, -0.15) is 12.6 Å². The highest BCUT2D eigenvalue weighted by molar-refractivity contribution is 7.87. The van der Waals surface area contributed by atoms with Crippen LogP contribution in [0.2, 0.25) is 0 Å². The van der Waals surface area contributed by atoms with E-state index in [0.29, 0.717) is 10.7 Å². The summed E-state index contributed by atoms with van der Waals surface area (Å²) in [5.41, 5.74) is 0. The van der Waals surface area contributed by atoms with Gasteiger partial charge in [-0.15, -0.1) is 12.6 Å². The average Bonchev–Trinajstić information content (AvgIpc) is 1.65. The Morgan fingerprint density at radius 1 is 1.83 bits per heavy atom. The molecule has 0 aliphatic rings. The van der Waals surface area contributed by atoms with Crippen molar-refractivity contribution >= 4 is 25.3 Å². The molecule has 0 aliphatic carbocycles. The van der Waals surface area contributed by atoms with Gasteiger partial charge in [-0.3, -0.25) is 0 Å². The van der Waals surface area contributed by atoms with Gasteiger partial charge in [0.25, 0.3) is 0 Å². The molecular weight excluding hydrogens is 116 g/mol. The third-order valence-corrected chi connectivity index (χ3v) is 1.17. The molecule has 0 spiro atoms. The Labute approximate surface area is 47.9 Å². The van der Waals surface area contributed by atoms with Crippen molar-refractivity contribution in [1.82, 2.24) is 0 Å². The molecule has 0 saturated carbocycles. The first kappa shape index (κ1) is 6.24. The van der Waals surface area contributed by atoms with Crippen molar-refractivity contribution < 1.29 is 5.11 Å². The Bertz CT molecular complexity index is 59.8. The average molecular weight is 122 g/mol. The molecule has 1 N–H and O–H groups in total. The highest BCUT2D eigenvalue weighted by Gasteiger charge is 1.77. The highest BCUT2D eigenvalue weighted by Crippen LogP contribution is 1.98. The fourth-order valence-electron chi connectivity index (χ4n) is 0.0408. The number of aliphatic hydroxyl groups is 1. The van der Waals surface area contributed by atoms with Crippen LogP contribution < -0.4 is 0 Å². The minimum Gasteiger partial charge on any atom is -0.515 e. The number of rotatable bonds is 1. The molecule has 0 fully saturated rings. The molecule has 0 radical (unpaired) electrons. The maximum Gasteiger partial charge on any atom is 0.0892 e. The van der Waals surface area contributed by atoms with Crippen LogP contribution in [0.25, 0.3) is 0 Å². The second kappa shape index (κ2) is 3.43. The molecule has 0 rings (SSSR count). The van der Waals surface area contributed by atoms with Crippen LogP contribution >= 0.6 is 25.3 Å². The van der Waals surface area contributed by atoms with E-state index in [1.54, 1.807) is 0 Å². The van der Waals surface area contributed by atoms with Crippen LogP contribution in [0, 0.1) is 0 Å². The standard InChI is InChI=1S/C3H6OS2/c4-1-3(6)2-5/h1,4-6H,2H2. The maximum atomic E-state index is 8.05. The lowest BCUT2D eigenvalue weighted by Crippen LogP contribution is -1.68. The van der Waals surface area contributed by atoms with E-state index in [1.807, 2.05) is 0 Å². The van der Waals surface area contributed by atoms with Gasteiger partial charge < -0.3 is 5.11 Å². The fourth-order valence-corrected chi connectivity index (χ4v) is 0.122. The SMILES string of the molecule is OC=C(S)CS. The van der Waals surface area contributed by atoms with Crippen molar-refractivity contribution in [3.63, 3.8) is 0 Å². The normalized spacial score (nSPS) is 12.0. The van der Waals surface area contributed by atoms with Gasteiger partial charge in [0.05, 0.1) is 6.26 Å². The lowest BCUT2D eigenvalue weighted by Gasteiger charge is -1.82. The lowest BCUT2D eigenvalue weighted by atomic mass is 10.7. The highest BCUT2D eigenvalue weighted by atomic mass is 32.1. The molecule has 0 unspecified atom stereocenters. The van der Waals surface area contributed by atoms with Gasteiger partial charge in [0.2, 0.25) is 0 Å². The minimum atomic E-state index is 0.500. The smallest absolute Gasteiger partial charge is 0.0892 e. The summed E-state index contributed by atoms with van der Waals surface area (Å²) in [7, 11) is 0. The molecule has 0 aromatic heterocycles. The van der Waals surface area contributed by atoms with E-state index in [-0.39, 0.29) is 0 Å². The van der Waals surface area contributed by atoms with Gasteiger partial charge in [-0.05, 0) is 0 Å². The number of hydrogen-bond donors (Lipinski definition) is 3. The molecule has 6 heavy (non-hydrogen) atoms. The molecule has 0 bridgehead atoms. The minimum absolute atomic E-state index is 0.500. The first-order valence-electron chi connectivity index (χ1n) is 1.44. The Balaban J connectivity index is 3.22. The van der Waals surface area contributed by atoms with E-state index < -0.39 is 0 Å². The second-order valence-electron chi connectivity index (χ2n) is 0.779. The second-order valence-corrected chi connectivity index (χ2v) is 1.67. The molecule has 0 aliphatic heterocycles. The lowest BCUT2D eigenvalue weighted by molar-refractivity contribution is 0.471. The molecular formula is C3H6OS2. The van der Waals surface area contributed by atoms with Crippen LogP contribution in [0.3, 0.4) is 0 Å². The zero-order valence-electron chi connectivity index (χ0n) is 3.13. The molecule has 0 aromatic carbocycles. The molecule has 0 atom stereocenters. The Morgan fingerprint density at radius 2 is 2.33 bits per heavy atom. The summed E-state index contributed by atoms with van der Waals surface area (Å²) < 4.78 is 0. The predicted molar refractivity (Wildman–Crippen MR) is 33.6 cm³/mol. The molecule has 1 nitrogen and oxygen atoms in total. The van der Waals surface area contributed by atoms with E-state index >= 15 is 0 Å². The zero-order chi connectivity index (χ0) is 4.99. The van der Waals surface area contributed by atoms with Gasteiger partial charge in [0.1, 0.15) is 0 Å². The topological polar surface area (TPSA) is 20.2 Å². The number of thiol groups is 2. The van der Waals surface area contributed by atoms with Gasteiger partial charge >= 0.3 is 0 Å². The van der Waals surface area contributed by atoms with Crippen molar-refractivity contribution in [1.29, 1.82) is 0 Å². The molecule has 0 aromatic rings. The summed E-state index contributed by atoms with van der Waals surface area (Å²) in [5, 5.41) is 8.05. The van der Waals surface area contributed by atoms with E-state index in [9.17, 15) is 0 Å². The quantitative estimate of drug-likeness (QED) is 0.353. The summed E-state index contributed by atoms with van der Waals surface area (Å²) in [6.45, 7) is 0. The van der Waals surface area contributed by atoms with Crippen LogP contribution in [-0.4, -0.2) is 10.9 Å². The largest absolute Gasteiger partial charge is 0.515 e. The van der Waals surface area contributed by atoms with Crippen LogP contribution in [-0.2, 0) is 0 Å². The van der Waals surface area contributed by atoms with Crippen molar-refractivity contribution in [3.05, 3.63) is 11.2 Å². The maximum absolute atomic E-state index is 8.05. The van der Waals surface area contributed by atoms with Gasteiger partial charge in [0, 0.05) is 10.7 Å². The summed E-state index contributed by atoms with van der Waals surface area (Å²) in [5.74, 6) is 0.500. The molecule has 0 amide bonds. The van der Waals surface area contributed by atoms with Crippen LogP contribution in [0.4, 0.5) is 0 Å². The molecule has 36 valence electrons. The Morgan fingerprint density at radius 3 is 2.33 bits per heavy atom. The van der Waals surface area contributed by atoms with Crippen molar-refractivity contribution in [3.8, 4) is 0 Å². The zero-order valence-corrected chi connectivity index (χ0v) is 4.91. The van der Waals surface area contributed by atoms with Gasteiger partial charge in [-0.1, -0.05) is 0 Å². The summed E-state index contributed by atoms with van der Waals surface area (Å²) in [6, 6.07) is 0. The van der Waals surface area contributed by atoms with Crippen LogP contribution in [0.15, 0.2) is 11.2 Å². The third kappa shape index (κ3) is 2.48. The van der Waals surface area contributed by atoms with Crippen LogP contribution in [0.5, 0.6) is 0 Å². The summed E-state index contributed by atoms with van der Waals surface area (Å²) in [4.78, 5) is 0.582. The third-order valence-electron chi connectivity index (χ3n) is 0.311. The van der Waals surface area contributed by atoms with Crippen LogP contribution in [0.1, 0.15) is 0 Å². The first-order chi connectivity index (χ1) is 2.81. The molecule has 0 heterocycles. The van der Waals surface area contributed by atoms with Crippen molar-refractivity contribution in [2.24, 2.45) is 0 Å². The summed E-state index contributed by atoms with van der Waals surface area (Å²) >= 11 is 7.56. The van der Waals surface area contributed by atoms with E-state index in [0.717, 1.165) is 6.26 Å². The molecule has 0 saturated heterocycles. The van der Waals surface area contributed by atoms with Crippen molar-refractivity contribution in [2.45, 2.75) is 0 Å². The Hall–Kier alpha value is 0.240. The molecule has 3 heteroatoms. The predicted octanol–water partition coefficient (Wildman–Crippen LogP) is 1.25. The van der Waals surface area contributed by atoms with Gasteiger partial charge in [0.15, 0.2) is 0 Å². The first-order valence-corrected chi connectivity index (χ1v) is 2.52. The monoisotopic (exact) mass is 122 g/mol. The summed E-state index contributed by atoms with van der Waals surface area (Å²) in [6.07, 6.45) is 0.927. The van der Waals surface area contributed by atoms with Crippen molar-refractivity contribution in [2.75, 3.05) is 5.75 Å². The van der Waals surface area contributed by atoms with Gasteiger partial charge in [-0.25, -0.2) is 0 Å². The van der Waals surface area contributed by atoms with E-state index in [2.05, 4.69) is 25.3 Å². The van der Waals surface area contributed by atoms with E-state index in [4.69, 9.17) is 5.11 Å².